The molecule has 0 aliphatic carbocycles. The molecule has 4 nitrogen and oxygen atoms in total. The van der Waals surface area contributed by atoms with Gasteiger partial charge in [-0.2, -0.15) is 0 Å². The van der Waals surface area contributed by atoms with Crippen molar-refractivity contribution < 1.29 is 14.3 Å². The first kappa shape index (κ1) is 16.6. The molecule has 0 heterocycles. The fraction of sp³-hybridized carbons (Fsp3) is 0.211. The summed E-state index contributed by atoms with van der Waals surface area (Å²) in [6, 6.07) is 15.1. The minimum Gasteiger partial charge on any atom is -0.497 e. The molecule has 0 aromatic heterocycles. The Morgan fingerprint density at radius 1 is 0.957 bits per heavy atom. The minimum absolute atomic E-state index is 0.0540. The van der Waals surface area contributed by atoms with Gasteiger partial charge >= 0.3 is 0 Å². The van der Waals surface area contributed by atoms with Gasteiger partial charge in [0.05, 0.1) is 20.8 Å². The van der Waals surface area contributed by atoms with Crippen LogP contribution in [0.3, 0.4) is 0 Å². The fourth-order valence-electron chi connectivity index (χ4n) is 2.25. The van der Waals surface area contributed by atoms with E-state index in [2.05, 4.69) is 6.58 Å². The zero-order valence-corrected chi connectivity index (χ0v) is 13.7. The van der Waals surface area contributed by atoms with Gasteiger partial charge in [0, 0.05) is 12.6 Å². The van der Waals surface area contributed by atoms with Gasteiger partial charge in [0.2, 0.25) is 5.91 Å². The van der Waals surface area contributed by atoms with E-state index in [1.165, 1.54) is 6.92 Å². The Morgan fingerprint density at radius 3 is 1.87 bits per heavy atom. The maximum atomic E-state index is 12.0. The van der Waals surface area contributed by atoms with Crippen molar-refractivity contribution in [2.24, 2.45) is 0 Å². The highest BCUT2D eigenvalue weighted by Crippen LogP contribution is 2.23. The summed E-state index contributed by atoms with van der Waals surface area (Å²) in [5.41, 5.74) is 2.56. The predicted molar refractivity (Wildman–Crippen MR) is 91.2 cm³/mol. The molecule has 1 amide bonds. The molecular weight excluding hydrogens is 290 g/mol. The molecule has 0 aliphatic rings. The van der Waals surface area contributed by atoms with Crippen molar-refractivity contribution >= 4 is 11.6 Å². The summed E-state index contributed by atoms with van der Waals surface area (Å²) in [5.74, 6) is 1.50. The van der Waals surface area contributed by atoms with Crippen molar-refractivity contribution in [3.8, 4) is 11.5 Å². The van der Waals surface area contributed by atoms with Crippen molar-refractivity contribution in [1.82, 2.24) is 4.90 Å². The Kier molecular flexibility index (Phi) is 5.41. The normalized spacial score (nSPS) is 10.0. The van der Waals surface area contributed by atoms with Crippen LogP contribution in [0.2, 0.25) is 0 Å². The van der Waals surface area contributed by atoms with Gasteiger partial charge in [0.1, 0.15) is 11.5 Å². The number of carbonyl (C=O) groups excluding carboxylic acids is 1. The lowest BCUT2D eigenvalue weighted by atomic mass is 10.1. The third kappa shape index (κ3) is 4.13. The lowest BCUT2D eigenvalue weighted by Crippen LogP contribution is -2.26. The Hall–Kier alpha value is -2.75. The van der Waals surface area contributed by atoms with Crippen molar-refractivity contribution in [3.63, 3.8) is 0 Å². The van der Waals surface area contributed by atoms with Crippen LogP contribution in [-0.2, 0) is 11.3 Å². The molecule has 0 spiro atoms. The molecule has 0 unspecified atom stereocenters. The molecule has 0 saturated carbocycles. The quantitative estimate of drug-likeness (QED) is 0.816. The molecule has 0 saturated heterocycles. The second kappa shape index (κ2) is 7.49. The molecule has 2 aromatic carbocycles. The smallest absolute Gasteiger partial charge is 0.224 e. The zero-order chi connectivity index (χ0) is 16.8. The predicted octanol–water partition coefficient (Wildman–Crippen LogP) is 3.72. The van der Waals surface area contributed by atoms with Gasteiger partial charge in [0.25, 0.3) is 0 Å². The van der Waals surface area contributed by atoms with Crippen LogP contribution in [0.4, 0.5) is 0 Å². The Bertz CT molecular complexity index is 675. The van der Waals surface area contributed by atoms with E-state index in [1.807, 2.05) is 48.5 Å². The molecule has 0 N–H and O–H groups in total. The molecule has 0 atom stereocenters. The van der Waals surface area contributed by atoms with E-state index in [4.69, 9.17) is 9.47 Å². The highest BCUT2D eigenvalue weighted by atomic mass is 16.5. The molecule has 0 radical (unpaired) electrons. The maximum Gasteiger partial charge on any atom is 0.224 e. The second-order valence-electron chi connectivity index (χ2n) is 5.13. The number of methoxy groups -OCH3 is 2. The largest absolute Gasteiger partial charge is 0.497 e. The molecule has 2 rings (SSSR count). The summed E-state index contributed by atoms with van der Waals surface area (Å²) in [6.45, 7) is 6.07. The summed E-state index contributed by atoms with van der Waals surface area (Å²) in [4.78, 5) is 13.7. The lowest BCUT2D eigenvalue weighted by Gasteiger charge is -2.24. The summed E-state index contributed by atoms with van der Waals surface area (Å²) in [6.07, 6.45) is 0. The topological polar surface area (TPSA) is 38.8 Å². The first-order chi connectivity index (χ1) is 11.0. The standard InChI is InChI=1S/C19H21NO3/c1-14(17-7-11-19(23-4)12-8-17)20(15(2)21)13-16-5-9-18(22-3)10-6-16/h5-12H,1,13H2,2-4H3. The second-order valence-corrected chi connectivity index (χ2v) is 5.13. The van der Waals surface area contributed by atoms with Gasteiger partial charge in [-0.3, -0.25) is 4.79 Å². The van der Waals surface area contributed by atoms with E-state index in [1.54, 1.807) is 19.1 Å². The van der Waals surface area contributed by atoms with Gasteiger partial charge in [0.15, 0.2) is 0 Å². The average molecular weight is 311 g/mol. The highest BCUT2D eigenvalue weighted by molar-refractivity contribution is 5.84. The van der Waals surface area contributed by atoms with Gasteiger partial charge in [-0.05, 0) is 47.5 Å². The van der Waals surface area contributed by atoms with Gasteiger partial charge in [-0.25, -0.2) is 0 Å². The van der Waals surface area contributed by atoms with Crippen molar-refractivity contribution in [2.45, 2.75) is 13.5 Å². The van der Waals surface area contributed by atoms with Gasteiger partial charge in [-0.15, -0.1) is 0 Å². The van der Waals surface area contributed by atoms with Crippen LogP contribution >= 0.6 is 0 Å². The average Bonchev–Trinajstić information content (AvgIpc) is 2.59. The molecule has 0 bridgehead atoms. The number of carbonyl (C=O) groups is 1. The molecular formula is C19H21NO3. The van der Waals surface area contributed by atoms with Crippen LogP contribution in [0.5, 0.6) is 11.5 Å². The van der Waals surface area contributed by atoms with E-state index in [-0.39, 0.29) is 5.91 Å². The number of amides is 1. The van der Waals surface area contributed by atoms with Crippen LogP contribution in [0, 0.1) is 0 Å². The number of ether oxygens (including phenoxy) is 2. The summed E-state index contributed by atoms with van der Waals surface area (Å²) < 4.78 is 10.3. The van der Waals surface area contributed by atoms with Crippen LogP contribution in [0.25, 0.3) is 5.70 Å². The number of hydrogen-bond acceptors (Lipinski definition) is 3. The van der Waals surface area contributed by atoms with E-state index < -0.39 is 0 Å². The number of nitrogens with zero attached hydrogens (tertiary/aromatic N) is 1. The zero-order valence-electron chi connectivity index (χ0n) is 13.7. The number of hydrogen-bond donors (Lipinski definition) is 0. The number of benzene rings is 2. The molecule has 0 fully saturated rings. The van der Waals surface area contributed by atoms with Gasteiger partial charge < -0.3 is 14.4 Å². The highest BCUT2D eigenvalue weighted by Gasteiger charge is 2.15. The van der Waals surface area contributed by atoms with E-state index in [0.29, 0.717) is 12.2 Å². The SMILES string of the molecule is C=C(c1ccc(OC)cc1)N(Cc1ccc(OC)cc1)C(C)=O. The first-order valence-corrected chi connectivity index (χ1v) is 7.29. The molecule has 2 aromatic rings. The third-order valence-electron chi connectivity index (χ3n) is 3.63. The monoisotopic (exact) mass is 311 g/mol. The summed E-state index contributed by atoms with van der Waals surface area (Å²) >= 11 is 0. The summed E-state index contributed by atoms with van der Waals surface area (Å²) in [5, 5.41) is 0. The maximum absolute atomic E-state index is 12.0. The van der Waals surface area contributed by atoms with Crippen LogP contribution in [0.1, 0.15) is 18.1 Å². The van der Waals surface area contributed by atoms with E-state index >= 15 is 0 Å². The minimum atomic E-state index is -0.0540. The molecule has 4 heteroatoms. The number of rotatable bonds is 6. The first-order valence-electron chi connectivity index (χ1n) is 7.29. The van der Waals surface area contributed by atoms with Crippen molar-refractivity contribution in [1.29, 1.82) is 0 Å². The van der Waals surface area contributed by atoms with E-state index in [9.17, 15) is 4.79 Å². The Labute approximate surface area is 137 Å². The summed E-state index contributed by atoms with van der Waals surface area (Å²) in [7, 11) is 3.25. The molecule has 23 heavy (non-hydrogen) atoms. The van der Waals surface area contributed by atoms with Gasteiger partial charge in [-0.1, -0.05) is 18.7 Å². The Morgan fingerprint density at radius 2 is 1.43 bits per heavy atom. The van der Waals surface area contributed by atoms with E-state index in [0.717, 1.165) is 22.6 Å². The lowest BCUT2D eigenvalue weighted by molar-refractivity contribution is -0.126. The fourth-order valence-corrected chi connectivity index (χ4v) is 2.25. The van der Waals surface area contributed by atoms with Crippen molar-refractivity contribution in [2.75, 3.05) is 14.2 Å². The Balaban J connectivity index is 2.19. The van der Waals surface area contributed by atoms with Crippen LogP contribution in [0.15, 0.2) is 55.1 Å². The van der Waals surface area contributed by atoms with Crippen molar-refractivity contribution in [3.05, 3.63) is 66.2 Å². The molecule has 120 valence electrons. The van der Waals surface area contributed by atoms with Crippen LogP contribution < -0.4 is 9.47 Å². The van der Waals surface area contributed by atoms with Crippen LogP contribution in [-0.4, -0.2) is 25.0 Å². The third-order valence-corrected chi connectivity index (χ3v) is 3.63. The molecule has 0 aliphatic heterocycles.